The summed E-state index contributed by atoms with van der Waals surface area (Å²) in [6, 6.07) is 9.02. The molecule has 0 atom stereocenters. The van der Waals surface area contributed by atoms with Crippen molar-refractivity contribution in [2.24, 2.45) is 10.1 Å². The Balaban J connectivity index is 2.10. The molecule has 0 aliphatic rings. The molecule has 8 nitrogen and oxygen atoms in total. The smallest absolute Gasteiger partial charge is 0.230 e. The van der Waals surface area contributed by atoms with E-state index in [0.29, 0.717) is 22.7 Å². The fraction of sp³-hybridized carbons (Fsp3) is 0.182. The molecule has 0 aliphatic carbocycles. The number of allylic oxidation sites excluding steroid dienone is 2. The van der Waals surface area contributed by atoms with Gasteiger partial charge >= 0.3 is 0 Å². The lowest BCUT2D eigenvalue weighted by atomic mass is 10.1. The van der Waals surface area contributed by atoms with Crippen LogP contribution in [-0.2, 0) is 11.2 Å². The summed E-state index contributed by atoms with van der Waals surface area (Å²) in [5.41, 5.74) is 2.96. The Kier molecular flexibility index (Phi) is 8.31. The molecule has 0 aliphatic heterocycles. The molecule has 2 N–H and O–H groups in total. The number of nitrogens with one attached hydrogen (secondary N) is 1. The van der Waals surface area contributed by atoms with Crippen molar-refractivity contribution >= 4 is 29.2 Å². The van der Waals surface area contributed by atoms with Crippen LogP contribution < -0.4 is 14.8 Å². The van der Waals surface area contributed by atoms with Crippen LogP contribution in [0.5, 0.6) is 11.5 Å². The van der Waals surface area contributed by atoms with Gasteiger partial charge in [-0.25, -0.2) is 0 Å². The Morgan fingerprint density at radius 2 is 2.00 bits per heavy atom. The normalized spacial score (nSPS) is 12.0. The van der Waals surface area contributed by atoms with Gasteiger partial charge in [0.15, 0.2) is 17.3 Å². The molecule has 0 bridgehead atoms. The average molecular weight is 408 g/mol. The molecule has 156 valence electrons. The molecule has 1 amide bonds. The lowest BCUT2D eigenvalue weighted by Crippen LogP contribution is -2.30. The van der Waals surface area contributed by atoms with Crippen LogP contribution in [0.1, 0.15) is 18.2 Å². The summed E-state index contributed by atoms with van der Waals surface area (Å²) in [5, 5.41) is 14.1. The van der Waals surface area contributed by atoms with E-state index in [1.165, 1.54) is 6.08 Å². The third-order valence-corrected chi connectivity index (χ3v) is 4.08. The summed E-state index contributed by atoms with van der Waals surface area (Å²) in [7, 11) is 3.15. The SMILES string of the molecule is C=C/C(=N\O)NC(=O)Cc1ccc(C(/C=N\c2ccc(OC)c(OC)c2)=C/C)nc1. The molecule has 0 spiro atoms. The zero-order chi connectivity index (χ0) is 21.9. The molecule has 2 rings (SSSR count). The number of ether oxygens (including phenoxy) is 2. The van der Waals surface area contributed by atoms with Gasteiger partial charge < -0.3 is 20.0 Å². The molecule has 0 fully saturated rings. The predicted octanol–water partition coefficient (Wildman–Crippen LogP) is 3.54. The van der Waals surface area contributed by atoms with Crippen molar-refractivity contribution in [2.45, 2.75) is 13.3 Å². The topological polar surface area (TPSA) is 105 Å². The summed E-state index contributed by atoms with van der Waals surface area (Å²) >= 11 is 0. The van der Waals surface area contributed by atoms with Crippen LogP contribution in [0.4, 0.5) is 5.69 Å². The van der Waals surface area contributed by atoms with Gasteiger partial charge in [0, 0.05) is 24.1 Å². The second-order valence-corrected chi connectivity index (χ2v) is 6.01. The molecule has 0 unspecified atom stereocenters. The van der Waals surface area contributed by atoms with Gasteiger partial charge in [-0.15, -0.1) is 0 Å². The Morgan fingerprint density at radius 1 is 1.23 bits per heavy atom. The second kappa shape index (κ2) is 11.2. The van der Waals surface area contributed by atoms with Crippen molar-refractivity contribution in [3.63, 3.8) is 0 Å². The van der Waals surface area contributed by atoms with Gasteiger partial charge in [0.05, 0.1) is 32.0 Å². The minimum atomic E-state index is -0.335. The van der Waals surface area contributed by atoms with E-state index in [9.17, 15) is 4.79 Å². The molecule has 8 heteroatoms. The summed E-state index contributed by atoms with van der Waals surface area (Å²) < 4.78 is 10.5. The molecule has 30 heavy (non-hydrogen) atoms. The minimum absolute atomic E-state index is 0.00726. The van der Waals surface area contributed by atoms with Crippen LogP contribution in [0.3, 0.4) is 0 Å². The average Bonchev–Trinajstić information content (AvgIpc) is 2.78. The zero-order valence-corrected chi connectivity index (χ0v) is 17.1. The number of benzene rings is 1. The van der Waals surface area contributed by atoms with Crippen LogP contribution in [0.2, 0.25) is 0 Å². The van der Waals surface area contributed by atoms with Crippen molar-refractivity contribution in [1.29, 1.82) is 0 Å². The molecule has 2 aromatic rings. The Labute approximate surface area is 175 Å². The summed E-state index contributed by atoms with van der Waals surface area (Å²) in [6.07, 6.45) is 6.56. The van der Waals surface area contributed by atoms with Crippen molar-refractivity contribution in [2.75, 3.05) is 14.2 Å². The van der Waals surface area contributed by atoms with Crippen molar-refractivity contribution in [3.8, 4) is 11.5 Å². The first-order valence-corrected chi connectivity index (χ1v) is 9.06. The van der Waals surface area contributed by atoms with Gasteiger partial charge in [0.2, 0.25) is 5.91 Å². The van der Waals surface area contributed by atoms with Crippen LogP contribution in [0, 0.1) is 0 Å². The number of aromatic nitrogens is 1. The third kappa shape index (κ3) is 6.03. The van der Waals surface area contributed by atoms with E-state index in [1.807, 2.05) is 25.1 Å². The fourth-order valence-corrected chi connectivity index (χ4v) is 2.53. The van der Waals surface area contributed by atoms with Gasteiger partial charge in [-0.2, -0.15) is 0 Å². The molecule has 0 saturated heterocycles. The van der Waals surface area contributed by atoms with E-state index in [2.05, 4.69) is 27.0 Å². The highest BCUT2D eigenvalue weighted by atomic mass is 16.5. The number of amides is 1. The Hall–Kier alpha value is -3.94. The Morgan fingerprint density at radius 3 is 2.57 bits per heavy atom. The maximum Gasteiger partial charge on any atom is 0.230 e. The molecule has 1 heterocycles. The fourth-order valence-electron chi connectivity index (χ4n) is 2.53. The van der Waals surface area contributed by atoms with Crippen molar-refractivity contribution in [3.05, 3.63) is 66.5 Å². The second-order valence-electron chi connectivity index (χ2n) is 6.01. The number of nitrogens with zero attached hydrogens (tertiary/aromatic N) is 3. The quantitative estimate of drug-likeness (QED) is 0.301. The number of carbonyl (C=O) groups excluding carboxylic acids is 1. The van der Waals surface area contributed by atoms with Gasteiger partial charge in [-0.05, 0) is 36.8 Å². The molecule has 1 aromatic carbocycles. The molecular weight excluding hydrogens is 384 g/mol. The van der Waals surface area contributed by atoms with E-state index in [4.69, 9.17) is 14.7 Å². The lowest BCUT2D eigenvalue weighted by molar-refractivity contribution is -0.119. The van der Waals surface area contributed by atoms with E-state index in [1.54, 1.807) is 44.8 Å². The number of oxime groups is 1. The highest BCUT2D eigenvalue weighted by molar-refractivity contribution is 6.09. The summed E-state index contributed by atoms with van der Waals surface area (Å²) in [6.45, 7) is 5.33. The predicted molar refractivity (Wildman–Crippen MR) is 117 cm³/mol. The highest BCUT2D eigenvalue weighted by Gasteiger charge is 2.08. The maximum absolute atomic E-state index is 11.9. The standard InChI is InChI=1S/C22H24N4O4/c1-5-16(14-23-17-8-10-19(29-3)20(12-17)30-4)18-9-7-15(13-24-18)11-22(27)25-21(6-2)26-28/h5-10,12-14,28H,2,11H2,1,3-4H3,(H,25,26,27)/b16-5+,23-14-. The first-order valence-electron chi connectivity index (χ1n) is 9.06. The van der Waals surface area contributed by atoms with E-state index >= 15 is 0 Å². The number of aliphatic imine (C=N–C) groups is 1. The zero-order valence-electron chi connectivity index (χ0n) is 17.1. The van der Waals surface area contributed by atoms with Crippen LogP contribution in [0.15, 0.2) is 65.4 Å². The number of amidine groups is 1. The maximum atomic E-state index is 11.9. The van der Waals surface area contributed by atoms with E-state index in [0.717, 1.165) is 11.3 Å². The number of hydrogen-bond acceptors (Lipinski definition) is 7. The number of carbonyl (C=O) groups is 1. The monoisotopic (exact) mass is 408 g/mol. The third-order valence-electron chi connectivity index (χ3n) is 4.08. The van der Waals surface area contributed by atoms with Crippen molar-refractivity contribution in [1.82, 2.24) is 10.3 Å². The van der Waals surface area contributed by atoms with Gasteiger partial charge in [-0.1, -0.05) is 23.9 Å². The number of pyridine rings is 1. The number of rotatable bonds is 8. The summed E-state index contributed by atoms with van der Waals surface area (Å²) in [5.74, 6) is 0.890. The van der Waals surface area contributed by atoms with Crippen LogP contribution >= 0.6 is 0 Å². The van der Waals surface area contributed by atoms with Gasteiger partial charge in [-0.3, -0.25) is 14.8 Å². The number of hydrogen-bond donors (Lipinski definition) is 2. The highest BCUT2D eigenvalue weighted by Crippen LogP contribution is 2.31. The number of methoxy groups -OCH3 is 2. The largest absolute Gasteiger partial charge is 0.493 e. The molecule has 0 radical (unpaired) electrons. The van der Waals surface area contributed by atoms with Crippen LogP contribution in [0.25, 0.3) is 5.57 Å². The van der Waals surface area contributed by atoms with Crippen molar-refractivity contribution < 1.29 is 19.5 Å². The van der Waals surface area contributed by atoms with Crippen LogP contribution in [-0.4, -0.2) is 42.4 Å². The van der Waals surface area contributed by atoms with E-state index in [-0.39, 0.29) is 18.2 Å². The molecule has 1 aromatic heterocycles. The Bertz CT molecular complexity index is 979. The van der Waals surface area contributed by atoms with Gasteiger partial charge in [0.1, 0.15) is 0 Å². The van der Waals surface area contributed by atoms with E-state index < -0.39 is 0 Å². The molecular formula is C22H24N4O4. The van der Waals surface area contributed by atoms with Gasteiger partial charge in [0.25, 0.3) is 0 Å². The molecule has 0 saturated carbocycles. The first kappa shape index (κ1) is 22.4. The minimum Gasteiger partial charge on any atom is -0.493 e. The lowest BCUT2D eigenvalue weighted by Gasteiger charge is -2.07. The first-order chi connectivity index (χ1) is 14.5. The summed E-state index contributed by atoms with van der Waals surface area (Å²) in [4.78, 5) is 20.8.